The van der Waals surface area contributed by atoms with Gasteiger partial charge in [-0.3, -0.25) is 0 Å². The lowest BCUT2D eigenvalue weighted by molar-refractivity contribution is 0.399. The molecule has 0 spiro atoms. The minimum Gasteiger partial charge on any atom is -0.468 e. The number of unbranched alkanes of at least 4 members (excludes halogenated alkanes) is 5. The normalized spacial score (nSPS) is 12.8. The molecular weight excluding hydrogens is 210 g/mol. The third-order valence-corrected chi connectivity index (χ3v) is 3.22. The molecule has 0 amide bonds. The molecule has 2 heteroatoms. The van der Waals surface area contributed by atoms with E-state index in [1.54, 1.807) is 6.26 Å². The third kappa shape index (κ3) is 5.92. The zero-order valence-electron chi connectivity index (χ0n) is 11.4. The Hall–Kier alpha value is -0.760. The second-order valence-corrected chi connectivity index (χ2v) is 4.70. The molecule has 98 valence electrons. The molecule has 0 saturated carbocycles. The van der Waals surface area contributed by atoms with Gasteiger partial charge in [-0.1, -0.05) is 46.0 Å². The predicted molar refractivity (Wildman–Crippen MR) is 73.1 cm³/mol. The van der Waals surface area contributed by atoms with Crippen LogP contribution in [0.1, 0.15) is 70.6 Å². The van der Waals surface area contributed by atoms with Crippen molar-refractivity contribution >= 4 is 0 Å². The van der Waals surface area contributed by atoms with E-state index in [2.05, 4.69) is 25.2 Å². The predicted octanol–water partition coefficient (Wildman–Crippen LogP) is 4.68. The average Bonchev–Trinajstić information content (AvgIpc) is 2.86. The van der Waals surface area contributed by atoms with Crippen LogP contribution >= 0.6 is 0 Å². The lowest BCUT2D eigenvalue weighted by atomic mass is 10.1. The Labute approximate surface area is 106 Å². The molecule has 17 heavy (non-hydrogen) atoms. The number of rotatable bonds is 10. The molecule has 0 aliphatic rings. The maximum atomic E-state index is 5.43. The van der Waals surface area contributed by atoms with E-state index in [0.717, 1.165) is 18.7 Å². The number of hydrogen-bond donors (Lipinski definition) is 1. The van der Waals surface area contributed by atoms with E-state index < -0.39 is 0 Å². The second-order valence-electron chi connectivity index (χ2n) is 4.70. The molecule has 0 aromatic carbocycles. The van der Waals surface area contributed by atoms with E-state index in [9.17, 15) is 0 Å². The molecular formula is C15H27NO. The van der Waals surface area contributed by atoms with Gasteiger partial charge in [0.05, 0.1) is 12.3 Å². The first kappa shape index (κ1) is 14.3. The highest BCUT2D eigenvalue weighted by atomic mass is 16.3. The highest BCUT2D eigenvalue weighted by molar-refractivity contribution is 5.03. The first-order valence-corrected chi connectivity index (χ1v) is 7.15. The quantitative estimate of drug-likeness (QED) is 0.598. The second kappa shape index (κ2) is 9.29. The summed E-state index contributed by atoms with van der Waals surface area (Å²) in [6.07, 6.45) is 11.0. The fourth-order valence-electron chi connectivity index (χ4n) is 2.12. The van der Waals surface area contributed by atoms with Gasteiger partial charge >= 0.3 is 0 Å². The average molecular weight is 237 g/mol. The summed E-state index contributed by atoms with van der Waals surface area (Å²) in [5, 5.41) is 3.57. The lowest BCUT2D eigenvalue weighted by Gasteiger charge is -2.14. The van der Waals surface area contributed by atoms with E-state index in [-0.39, 0.29) is 0 Å². The van der Waals surface area contributed by atoms with Gasteiger partial charge in [0, 0.05) is 0 Å². The first-order valence-electron chi connectivity index (χ1n) is 7.15. The maximum absolute atomic E-state index is 5.43. The van der Waals surface area contributed by atoms with Gasteiger partial charge in [-0.25, -0.2) is 0 Å². The van der Waals surface area contributed by atoms with Crippen LogP contribution in [0.4, 0.5) is 0 Å². The van der Waals surface area contributed by atoms with Crippen molar-refractivity contribution < 1.29 is 4.42 Å². The van der Waals surface area contributed by atoms with Crippen molar-refractivity contribution in [3.63, 3.8) is 0 Å². The maximum Gasteiger partial charge on any atom is 0.120 e. The monoisotopic (exact) mass is 237 g/mol. The number of furan rings is 1. The van der Waals surface area contributed by atoms with Crippen LogP contribution in [0.25, 0.3) is 0 Å². The van der Waals surface area contributed by atoms with Crippen LogP contribution in [0.15, 0.2) is 22.8 Å². The van der Waals surface area contributed by atoms with Crippen LogP contribution in [0.5, 0.6) is 0 Å². The molecule has 0 aliphatic carbocycles. The van der Waals surface area contributed by atoms with Gasteiger partial charge < -0.3 is 9.73 Å². The highest BCUT2D eigenvalue weighted by Gasteiger charge is 2.10. The van der Waals surface area contributed by atoms with Crippen LogP contribution in [-0.2, 0) is 0 Å². The van der Waals surface area contributed by atoms with Crippen molar-refractivity contribution in [3.05, 3.63) is 24.2 Å². The molecule has 1 aromatic heterocycles. The molecule has 0 radical (unpaired) electrons. The summed E-state index contributed by atoms with van der Waals surface area (Å²) in [4.78, 5) is 0. The third-order valence-electron chi connectivity index (χ3n) is 3.22. The molecule has 1 atom stereocenters. The molecule has 1 heterocycles. The van der Waals surface area contributed by atoms with Gasteiger partial charge in [-0.2, -0.15) is 0 Å². The van der Waals surface area contributed by atoms with Crippen molar-refractivity contribution in [2.24, 2.45) is 0 Å². The summed E-state index contributed by atoms with van der Waals surface area (Å²) in [7, 11) is 0. The Balaban J connectivity index is 2.04. The molecule has 0 fully saturated rings. The number of hydrogen-bond acceptors (Lipinski definition) is 2. The summed E-state index contributed by atoms with van der Waals surface area (Å²) < 4.78 is 5.43. The fraction of sp³-hybridized carbons (Fsp3) is 0.733. The Bertz CT molecular complexity index is 256. The smallest absolute Gasteiger partial charge is 0.120 e. The van der Waals surface area contributed by atoms with Gasteiger partial charge in [0.25, 0.3) is 0 Å². The van der Waals surface area contributed by atoms with E-state index in [1.165, 1.54) is 38.5 Å². The van der Waals surface area contributed by atoms with E-state index in [0.29, 0.717) is 6.04 Å². The number of nitrogens with one attached hydrogen (secondary N) is 1. The summed E-state index contributed by atoms with van der Waals surface area (Å²) in [5.41, 5.74) is 0. The zero-order chi connectivity index (χ0) is 12.3. The van der Waals surface area contributed by atoms with Crippen LogP contribution in [0, 0.1) is 0 Å². The Morgan fingerprint density at radius 2 is 1.88 bits per heavy atom. The zero-order valence-corrected chi connectivity index (χ0v) is 11.4. The van der Waals surface area contributed by atoms with Gasteiger partial charge in [0.2, 0.25) is 0 Å². The largest absolute Gasteiger partial charge is 0.468 e. The molecule has 1 rings (SSSR count). The lowest BCUT2D eigenvalue weighted by Crippen LogP contribution is -2.21. The SMILES string of the molecule is CCCCCCCCNC(CC)c1ccco1. The van der Waals surface area contributed by atoms with Crippen molar-refractivity contribution in [2.75, 3.05) is 6.54 Å². The fourth-order valence-corrected chi connectivity index (χ4v) is 2.12. The van der Waals surface area contributed by atoms with Crippen molar-refractivity contribution in [1.82, 2.24) is 5.32 Å². The van der Waals surface area contributed by atoms with Crippen molar-refractivity contribution in [2.45, 2.75) is 64.8 Å². The minimum absolute atomic E-state index is 0.389. The van der Waals surface area contributed by atoms with E-state index in [1.807, 2.05) is 6.07 Å². The van der Waals surface area contributed by atoms with Gasteiger partial charge in [-0.05, 0) is 31.5 Å². The van der Waals surface area contributed by atoms with Crippen LogP contribution in [-0.4, -0.2) is 6.54 Å². The first-order chi connectivity index (χ1) is 8.38. The highest BCUT2D eigenvalue weighted by Crippen LogP contribution is 2.16. The summed E-state index contributed by atoms with van der Waals surface area (Å²) in [6, 6.07) is 4.41. The van der Waals surface area contributed by atoms with Crippen molar-refractivity contribution in [1.29, 1.82) is 0 Å². The summed E-state index contributed by atoms with van der Waals surface area (Å²) in [5.74, 6) is 1.07. The molecule has 0 aliphatic heterocycles. The minimum atomic E-state index is 0.389. The van der Waals surface area contributed by atoms with Crippen LogP contribution in [0.2, 0.25) is 0 Å². The summed E-state index contributed by atoms with van der Waals surface area (Å²) >= 11 is 0. The van der Waals surface area contributed by atoms with Gasteiger partial charge in [-0.15, -0.1) is 0 Å². The molecule has 0 bridgehead atoms. The van der Waals surface area contributed by atoms with Crippen LogP contribution < -0.4 is 5.32 Å². The standard InChI is InChI=1S/C15H27NO/c1-3-5-6-7-8-9-12-16-14(4-2)15-11-10-13-17-15/h10-11,13-14,16H,3-9,12H2,1-2H3. The Morgan fingerprint density at radius 3 is 2.53 bits per heavy atom. The van der Waals surface area contributed by atoms with Gasteiger partial charge in [0.15, 0.2) is 0 Å². The molecule has 1 aromatic rings. The summed E-state index contributed by atoms with van der Waals surface area (Å²) in [6.45, 7) is 5.56. The van der Waals surface area contributed by atoms with Gasteiger partial charge in [0.1, 0.15) is 5.76 Å². The van der Waals surface area contributed by atoms with E-state index >= 15 is 0 Å². The van der Waals surface area contributed by atoms with Crippen LogP contribution in [0.3, 0.4) is 0 Å². The molecule has 2 nitrogen and oxygen atoms in total. The molecule has 0 saturated heterocycles. The van der Waals surface area contributed by atoms with Crippen molar-refractivity contribution in [3.8, 4) is 0 Å². The molecule has 1 unspecified atom stereocenters. The topological polar surface area (TPSA) is 25.2 Å². The Kier molecular flexibility index (Phi) is 7.81. The van der Waals surface area contributed by atoms with E-state index in [4.69, 9.17) is 4.42 Å². The molecule has 1 N–H and O–H groups in total. The Morgan fingerprint density at radius 1 is 1.12 bits per heavy atom.